The first-order valence-corrected chi connectivity index (χ1v) is 8.06. The van der Waals surface area contributed by atoms with Gasteiger partial charge in [-0.3, -0.25) is 18.9 Å². The minimum atomic E-state index is -4.78. The van der Waals surface area contributed by atoms with E-state index < -0.39 is 44.1 Å². The van der Waals surface area contributed by atoms with Gasteiger partial charge in [0.1, 0.15) is 24.0 Å². The second kappa shape index (κ2) is 6.80. The quantitative estimate of drug-likeness (QED) is 0.386. The number of phosphoric acid groups is 1. The van der Waals surface area contributed by atoms with E-state index in [2.05, 4.69) is 21.3 Å². The third-order valence-electron chi connectivity index (χ3n) is 3.17. The number of hydrogen-bond acceptors (Lipinski definition) is 6. The molecular formula is C12H15N2O8P. The average molecular weight is 346 g/mol. The number of rotatable bonds is 4. The van der Waals surface area contributed by atoms with Gasteiger partial charge in [0.15, 0.2) is 0 Å². The van der Waals surface area contributed by atoms with Crippen molar-refractivity contribution in [1.82, 2.24) is 9.55 Å². The normalized spacial score (nSPS) is 24.3. The molecule has 0 spiro atoms. The van der Waals surface area contributed by atoms with Crippen LogP contribution < -0.4 is 11.2 Å². The van der Waals surface area contributed by atoms with E-state index in [1.54, 1.807) is 0 Å². The van der Waals surface area contributed by atoms with Crippen molar-refractivity contribution in [3.63, 3.8) is 0 Å². The minimum Gasteiger partial charge on any atom is -0.394 e. The number of aliphatic hydroxyl groups excluding tert-OH is 1. The fourth-order valence-electron chi connectivity index (χ4n) is 2.25. The first-order valence-electron chi connectivity index (χ1n) is 6.53. The van der Waals surface area contributed by atoms with Gasteiger partial charge in [-0.05, 0) is 6.92 Å². The first kappa shape index (κ1) is 17.6. The van der Waals surface area contributed by atoms with Gasteiger partial charge in [0.2, 0.25) is 0 Å². The van der Waals surface area contributed by atoms with Gasteiger partial charge >= 0.3 is 13.5 Å². The zero-order valence-corrected chi connectivity index (χ0v) is 12.9. The van der Waals surface area contributed by atoms with Crippen molar-refractivity contribution < 1.29 is 28.7 Å². The molecule has 1 fully saturated rings. The predicted molar refractivity (Wildman–Crippen MR) is 76.4 cm³/mol. The minimum absolute atomic E-state index is 0.0376. The topological polar surface area (TPSA) is 151 Å². The molecule has 2 rings (SSSR count). The van der Waals surface area contributed by atoms with Crippen LogP contribution in [0.25, 0.3) is 0 Å². The van der Waals surface area contributed by atoms with Crippen LogP contribution in [0.15, 0.2) is 15.8 Å². The van der Waals surface area contributed by atoms with Crippen molar-refractivity contribution in [2.45, 2.75) is 31.8 Å². The van der Waals surface area contributed by atoms with Gasteiger partial charge in [0, 0.05) is 12.6 Å². The molecule has 0 aromatic carbocycles. The van der Waals surface area contributed by atoms with Gasteiger partial charge in [0.25, 0.3) is 5.56 Å². The summed E-state index contributed by atoms with van der Waals surface area (Å²) in [4.78, 5) is 43.3. The predicted octanol–water partition coefficient (Wildman–Crippen LogP) is -1.33. The lowest BCUT2D eigenvalue weighted by molar-refractivity contribution is -0.0452. The number of H-pyrrole nitrogens is 1. The van der Waals surface area contributed by atoms with Crippen LogP contribution in [0.3, 0.4) is 0 Å². The number of ether oxygens (including phenoxy) is 1. The average Bonchev–Trinajstić information content (AvgIpc) is 2.82. The Morgan fingerprint density at radius 3 is 2.78 bits per heavy atom. The highest BCUT2D eigenvalue weighted by Gasteiger charge is 2.40. The van der Waals surface area contributed by atoms with Gasteiger partial charge in [0.05, 0.1) is 6.61 Å². The zero-order chi connectivity index (χ0) is 17.2. The molecule has 11 heteroatoms. The summed E-state index contributed by atoms with van der Waals surface area (Å²) in [7, 11) is -4.78. The van der Waals surface area contributed by atoms with E-state index in [1.165, 1.54) is 13.1 Å². The Labute approximate surface area is 129 Å². The molecule has 0 bridgehead atoms. The third-order valence-corrected chi connectivity index (χ3v) is 3.72. The summed E-state index contributed by atoms with van der Waals surface area (Å²) in [6.07, 6.45) is -2.00. The Bertz CT molecular complexity index is 798. The molecule has 0 saturated carbocycles. The second-order valence-corrected chi connectivity index (χ2v) is 5.96. The smallest absolute Gasteiger partial charge is 0.394 e. The molecule has 0 radical (unpaired) electrons. The summed E-state index contributed by atoms with van der Waals surface area (Å²) >= 11 is 0. The molecular weight excluding hydrogens is 331 g/mol. The maximum Gasteiger partial charge on any atom is 0.469 e. The molecule has 1 saturated heterocycles. The fraction of sp³-hybridized carbons (Fsp3) is 0.500. The molecule has 2 heterocycles. The van der Waals surface area contributed by atoms with Crippen molar-refractivity contribution in [3.8, 4) is 11.8 Å². The van der Waals surface area contributed by atoms with Crippen molar-refractivity contribution >= 4 is 7.82 Å². The molecule has 1 aromatic heterocycles. The lowest BCUT2D eigenvalue weighted by Gasteiger charge is -2.16. The van der Waals surface area contributed by atoms with E-state index in [-0.39, 0.29) is 12.0 Å². The highest BCUT2D eigenvalue weighted by atomic mass is 31.2. The molecule has 126 valence electrons. The monoisotopic (exact) mass is 346 g/mol. The van der Waals surface area contributed by atoms with Crippen LogP contribution in [0.4, 0.5) is 0 Å². The van der Waals surface area contributed by atoms with Gasteiger partial charge in [-0.15, -0.1) is 5.92 Å². The van der Waals surface area contributed by atoms with E-state index in [1.807, 2.05) is 0 Å². The number of nitrogens with zero attached hydrogens (tertiary/aromatic N) is 1. The number of aromatic amines is 1. The van der Waals surface area contributed by atoms with E-state index in [4.69, 9.17) is 14.5 Å². The summed E-state index contributed by atoms with van der Waals surface area (Å²) in [5, 5.41) is 9.22. The lowest BCUT2D eigenvalue weighted by atomic mass is 10.2. The highest BCUT2D eigenvalue weighted by Crippen LogP contribution is 2.43. The number of aliphatic hydroxyl groups is 1. The highest BCUT2D eigenvalue weighted by molar-refractivity contribution is 7.46. The number of hydrogen-bond donors (Lipinski definition) is 4. The zero-order valence-electron chi connectivity index (χ0n) is 12.0. The van der Waals surface area contributed by atoms with Crippen molar-refractivity contribution in [2.24, 2.45) is 0 Å². The third kappa shape index (κ3) is 4.17. The maximum absolute atomic E-state index is 11.9. The second-order valence-electron chi connectivity index (χ2n) is 4.77. The van der Waals surface area contributed by atoms with Gasteiger partial charge < -0.3 is 19.6 Å². The number of nitrogens with one attached hydrogen (secondary N) is 1. The largest absolute Gasteiger partial charge is 0.469 e. The molecule has 10 nitrogen and oxygen atoms in total. The van der Waals surface area contributed by atoms with E-state index in [9.17, 15) is 19.3 Å². The van der Waals surface area contributed by atoms with E-state index in [0.29, 0.717) is 0 Å². The van der Waals surface area contributed by atoms with Gasteiger partial charge in [-0.2, -0.15) is 0 Å². The van der Waals surface area contributed by atoms with E-state index >= 15 is 0 Å². The Morgan fingerprint density at radius 2 is 2.22 bits per heavy atom. The van der Waals surface area contributed by atoms with Crippen molar-refractivity contribution in [3.05, 3.63) is 32.6 Å². The molecule has 3 atom stereocenters. The molecule has 4 N–H and O–H groups in total. The lowest BCUT2D eigenvalue weighted by Crippen LogP contribution is -2.33. The summed E-state index contributed by atoms with van der Waals surface area (Å²) in [6.45, 7) is 0.966. The SMILES string of the molecule is CC#Cc1cn(C2CC(OP(=O)(O)O)[C@@H](CO)O2)c(=O)[nH]c1=O. The summed E-state index contributed by atoms with van der Waals surface area (Å²) in [6, 6.07) is 0. The van der Waals surface area contributed by atoms with Crippen LogP contribution in [0.1, 0.15) is 25.1 Å². The maximum atomic E-state index is 11.9. The summed E-state index contributed by atoms with van der Waals surface area (Å²) in [5.41, 5.74) is -1.38. The van der Waals surface area contributed by atoms with Crippen LogP contribution in [-0.4, -0.2) is 43.3 Å². The molecule has 1 aromatic rings. The van der Waals surface area contributed by atoms with Crippen LogP contribution in [-0.2, 0) is 13.8 Å². The molecule has 1 aliphatic rings. The Morgan fingerprint density at radius 1 is 1.52 bits per heavy atom. The first-order chi connectivity index (χ1) is 10.7. The fourth-order valence-corrected chi connectivity index (χ4v) is 2.82. The Balaban J connectivity index is 2.34. The molecule has 23 heavy (non-hydrogen) atoms. The number of phosphoric ester groups is 1. The summed E-state index contributed by atoms with van der Waals surface area (Å²) in [5.74, 6) is 5.06. The van der Waals surface area contributed by atoms with E-state index in [0.717, 1.165) is 4.57 Å². The van der Waals surface area contributed by atoms with Crippen molar-refractivity contribution in [1.29, 1.82) is 0 Å². The van der Waals surface area contributed by atoms with Crippen LogP contribution in [0.2, 0.25) is 0 Å². The van der Waals surface area contributed by atoms with Gasteiger partial charge in [-0.1, -0.05) is 5.92 Å². The van der Waals surface area contributed by atoms with Crippen LogP contribution in [0, 0.1) is 11.8 Å². The molecule has 0 amide bonds. The molecule has 0 aliphatic carbocycles. The van der Waals surface area contributed by atoms with Crippen molar-refractivity contribution in [2.75, 3.05) is 6.61 Å². The molecule has 2 unspecified atom stereocenters. The summed E-state index contributed by atoms with van der Waals surface area (Å²) < 4.78 is 21.9. The Hall–Kier alpha value is -1.73. The standard InChI is InChI=1S/C12H15N2O8P/c1-2-3-7-5-14(12(17)13-11(7)16)10-4-8(9(6-15)21-10)22-23(18,19)20/h5,8-10,15H,4,6H2,1H3,(H,13,16,17)(H2,18,19,20)/t8?,9-,10?/m1/s1. The van der Waals surface area contributed by atoms with Crippen LogP contribution >= 0.6 is 7.82 Å². The Kier molecular flexibility index (Phi) is 5.21. The molecule has 1 aliphatic heterocycles. The van der Waals surface area contributed by atoms with Crippen LogP contribution in [0.5, 0.6) is 0 Å². The number of aromatic nitrogens is 2. The van der Waals surface area contributed by atoms with Gasteiger partial charge in [-0.25, -0.2) is 9.36 Å².